The molecule has 0 aliphatic carbocycles. The average Bonchev–Trinajstić information content (AvgIpc) is 2.70. The van der Waals surface area contributed by atoms with E-state index in [0.717, 1.165) is 5.69 Å². The fourth-order valence-electron chi connectivity index (χ4n) is 1.55. The Hall–Kier alpha value is -1.04. The van der Waals surface area contributed by atoms with E-state index in [-0.39, 0.29) is 6.42 Å². The zero-order valence-electron chi connectivity index (χ0n) is 10.8. The molecule has 18 heavy (non-hydrogen) atoms. The Morgan fingerprint density at radius 3 is 2.61 bits per heavy atom. The van der Waals surface area contributed by atoms with Crippen LogP contribution in [0.15, 0.2) is 12.3 Å². The van der Waals surface area contributed by atoms with E-state index in [2.05, 4.69) is 10.4 Å². The summed E-state index contributed by atoms with van der Waals surface area (Å²) in [5.41, 5.74) is 0.916. The first-order valence-corrected chi connectivity index (χ1v) is 6.20. The Kier molecular flexibility index (Phi) is 5.65. The van der Waals surface area contributed by atoms with Gasteiger partial charge in [0.15, 0.2) is 0 Å². The van der Waals surface area contributed by atoms with Crippen LogP contribution in [0.25, 0.3) is 0 Å². The predicted molar refractivity (Wildman–Crippen MR) is 64.2 cm³/mol. The molecule has 0 aromatic carbocycles. The van der Waals surface area contributed by atoms with Crippen molar-refractivity contribution >= 4 is 0 Å². The van der Waals surface area contributed by atoms with E-state index >= 15 is 0 Å². The van der Waals surface area contributed by atoms with Crippen LogP contribution >= 0.6 is 0 Å². The minimum Gasteiger partial charge on any atom is -0.311 e. The van der Waals surface area contributed by atoms with Gasteiger partial charge in [0.05, 0.1) is 5.69 Å². The van der Waals surface area contributed by atoms with Crippen LogP contribution in [0.5, 0.6) is 0 Å². The second-order valence-electron chi connectivity index (χ2n) is 4.63. The highest BCUT2D eigenvalue weighted by atomic mass is 19.4. The van der Waals surface area contributed by atoms with Crippen molar-refractivity contribution in [2.75, 3.05) is 6.54 Å². The third-order valence-corrected chi connectivity index (χ3v) is 2.56. The van der Waals surface area contributed by atoms with Gasteiger partial charge in [-0.2, -0.15) is 18.3 Å². The highest BCUT2D eigenvalue weighted by molar-refractivity contribution is 4.98. The lowest BCUT2D eigenvalue weighted by Crippen LogP contribution is -2.16. The Morgan fingerprint density at radius 1 is 1.33 bits per heavy atom. The van der Waals surface area contributed by atoms with E-state index in [4.69, 9.17) is 0 Å². The molecular weight excluding hydrogens is 243 g/mol. The van der Waals surface area contributed by atoms with Crippen LogP contribution in [0.2, 0.25) is 0 Å². The maximum atomic E-state index is 11.9. The van der Waals surface area contributed by atoms with Crippen molar-refractivity contribution in [1.29, 1.82) is 0 Å². The molecule has 0 aliphatic heterocycles. The van der Waals surface area contributed by atoms with Gasteiger partial charge in [-0.15, -0.1) is 0 Å². The number of unbranched alkanes of at least 4 members (excludes halogenated alkanes) is 1. The van der Waals surface area contributed by atoms with Gasteiger partial charge in [0.1, 0.15) is 0 Å². The maximum Gasteiger partial charge on any atom is 0.389 e. The molecule has 6 heteroatoms. The van der Waals surface area contributed by atoms with Crippen molar-refractivity contribution in [2.24, 2.45) is 0 Å². The molecule has 1 N–H and O–H groups in total. The molecule has 0 unspecified atom stereocenters. The van der Waals surface area contributed by atoms with Gasteiger partial charge in [-0.3, -0.25) is 4.68 Å². The summed E-state index contributed by atoms with van der Waals surface area (Å²) in [6.07, 6.45) is -2.11. The van der Waals surface area contributed by atoms with Crippen molar-refractivity contribution in [1.82, 2.24) is 15.1 Å². The first kappa shape index (κ1) is 15.0. The molecule has 1 aromatic heterocycles. The van der Waals surface area contributed by atoms with Gasteiger partial charge in [0.25, 0.3) is 0 Å². The fraction of sp³-hybridized carbons (Fsp3) is 0.750. The summed E-state index contributed by atoms with van der Waals surface area (Å²) < 4.78 is 37.5. The van der Waals surface area contributed by atoms with Crippen molar-refractivity contribution in [3.63, 3.8) is 0 Å². The Bertz CT molecular complexity index is 345. The van der Waals surface area contributed by atoms with Gasteiger partial charge < -0.3 is 5.32 Å². The largest absolute Gasteiger partial charge is 0.389 e. The Morgan fingerprint density at radius 2 is 2.06 bits per heavy atom. The van der Waals surface area contributed by atoms with Crippen LogP contribution in [0, 0.1) is 0 Å². The Balaban J connectivity index is 2.10. The van der Waals surface area contributed by atoms with Crippen molar-refractivity contribution < 1.29 is 13.2 Å². The van der Waals surface area contributed by atoms with Crippen LogP contribution in [0.3, 0.4) is 0 Å². The lowest BCUT2D eigenvalue weighted by atomic mass is 10.2. The summed E-state index contributed by atoms with van der Waals surface area (Å²) >= 11 is 0. The number of hydrogen-bond acceptors (Lipinski definition) is 2. The minimum atomic E-state index is -4.03. The molecule has 0 saturated heterocycles. The van der Waals surface area contributed by atoms with Gasteiger partial charge in [-0.1, -0.05) is 0 Å². The molecule has 0 amide bonds. The van der Waals surface area contributed by atoms with Crippen LogP contribution in [-0.2, 0) is 6.54 Å². The van der Waals surface area contributed by atoms with Crippen LogP contribution in [-0.4, -0.2) is 22.5 Å². The van der Waals surface area contributed by atoms with E-state index in [1.807, 2.05) is 30.8 Å². The van der Waals surface area contributed by atoms with E-state index in [1.165, 1.54) is 0 Å². The van der Waals surface area contributed by atoms with E-state index in [1.54, 1.807) is 0 Å². The molecule has 0 saturated carbocycles. The second kappa shape index (κ2) is 6.78. The minimum absolute atomic E-state index is 0.178. The molecule has 0 spiro atoms. The summed E-state index contributed by atoms with van der Waals surface area (Å²) in [5, 5.41) is 7.44. The number of nitrogens with zero attached hydrogens (tertiary/aromatic N) is 2. The van der Waals surface area contributed by atoms with Crippen molar-refractivity contribution in [3.05, 3.63) is 18.0 Å². The summed E-state index contributed by atoms with van der Waals surface area (Å²) in [6.45, 7) is 5.28. The second-order valence-corrected chi connectivity index (χ2v) is 4.63. The summed E-state index contributed by atoms with van der Waals surface area (Å²) in [7, 11) is 0. The third-order valence-electron chi connectivity index (χ3n) is 2.56. The number of halogens is 3. The molecule has 1 aromatic rings. The maximum absolute atomic E-state index is 11.9. The van der Waals surface area contributed by atoms with Gasteiger partial charge >= 0.3 is 6.18 Å². The molecule has 1 heterocycles. The molecule has 0 bridgehead atoms. The molecule has 1 rings (SSSR count). The topological polar surface area (TPSA) is 29.9 Å². The average molecular weight is 263 g/mol. The lowest BCUT2D eigenvalue weighted by molar-refractivity contribution is -0.135. The van der Waals surface area contributed by atoms with Gasteiger partial charge in [0.2, 0.25) is 0 Å². The third kappa shape index (κ3) is 6.05. The van der Waals surface area contributed by atoms with Gasteiger partial charge in [-0.25, -0.2) is 0 Å². The summed E-state index contributed by atoms with van der Waals surface area (Å²) in [5.74, 6) is 0. The van der Waals surface area contributed by atoms with E-state index < -0.39 is 12.6 Å². The lowest BCUT2D eigenvalue weighted by Gasteiger charge is -2.06. The highest BCUT2D eigenvalue weighted by Gasteiger charge is 2.25. The number of hydrogen-bond donors (Lipinski definition) is 1. The smallest absolute Gasteiger partial charge is 0.311 e. The van der Waals surface area contributed by atoms with E-state index in [0.29, 0.717) is 25.6 Å². The Labute approximate surface area is 105 Å². The number of nitrogens with one attached hydrogen (secondary N) is 1. The molecule has 0 atom stereocenters. The summed E-state index contributed by atoms with van der Waals surface area (Å²) in [6, 6.07) is 2.24. The first-order valence-electron chi connectivity index (χ1n) is 6.20. The molecule has 104 valence electrons. The highest BCUT2D eigenvalue weighted by Crippen LogP contribution is 2.21. The zero-order chi connectivity index (χ0) is 13.6. The summed E-state index contributed by atoms with van der Waals surface area (Å²) in [4.78, 5) is 0. The van der Waals surface area contributed by atoms with Crippen LogP contribution in [0.4, 0.5) is 13.2 Å². The quantitative estimate of drug-likeness (QED) is 0.765. The zero-order valence-corrected chi connectivity index (χ0v) is 10.8. The molecule has 3 nitrogen and oxygen atoms in total. The standard InChI is InChI=1S/C12H20F3N3/c1-10(2)18-8-5-11(17-18)9-16-7-4-3-6-12(13,14)15/h5,8,10,16H,3-4,6-7,9H2,1-2H3. The number of rotatable bonds is 7. The SMILES string of the molecule is CC(C)n1ccc(CNCCCCC(F)(F)F)n1. The molecule has 0 aliphatic rings. The molecular formula is C12H20F3N3. The van der Waals surface area contributed by atoms with Gasteiger partial charge in [-0.05, 0) is 39.3 Å². The van der Waals surface area contributed by atoms with Crippen molar-refractivity contribution in [2.45, 2.75) is 51.9 Å². The molecule has 0 fully saturated rings. The number of alkyl halides is 3. The van der Waals surface area contributed by atoms with Crippen molar-refractivity contribution in [3.8, 4) is 0 Å². The number of aromatic nitrogens is 2. The normalized spacial score (nSPS) is 12.3. The van der Waals surface area contributed by atoms with Crippen LogP contribution < -0.4 is 5.32 Å². The fourth-order valence-corrected chi connectivity index (χ4v) is 1.55. The first-order chi connectivity index (χ1) is 8.38. The van der Waals surface area contributed by atoms with Gasteiger partial charge in [0, 0.05) is 25.2 Å². The van der Waals surface area contributed by atoms with E-state index in [9.17, 15) is 13.2 Å². The monoisotopic (exact) mass is 263 g/mol. The predicted octanol–water partition coefficient (Wildman–Crippen LogP) is 3.29. The molecule has 0 radical (unpaired) electrons. The van der Waals surface area contributed by atoms with Crippen LogP contribution in [0.1, 0.15) is 44.8 Å².